The van der Waals surface area contributed by atoms with Crippen LogP contribution in [0.2, 0.25) is 5.02 Å². The minimum atomic E-state index is -3.70. The average Bonchev–Trinajstić information content (AvgIpc) is 2.84. The Morgan fingerprint density at radius 2 is 1.79 bits per heavy atom. The summed E-state index contributed by atoms with van der Waals surface area (Å²) in [6, 6.07) is 14.1. The molecule has 2 aliphatic rings. The summed E-state index contributed by atoms with van der Waals surface area (Å²) in [6.07, 6.45) is 1.59. The van der Waals surface area contributed by atoms with Crippen LogP contribution in [-0.2, 0) is 19.6 Å². The molecule has 9 heteroatoms. The van der Waals surface area contributed by atoms with Gasteiger partial charge in [0.2, 0.25) is 15.9 Å². The van der Waals surface area contributed by atoms with Crippen LogP contribution in [0.25, 0.3) is 0 Å². The van der Waals surface area contributed by atoms with E-state index in [0.717, 1.165) is 0 Å². The van der Waals surface area contributed by atoms with Crippen molar-refractivity contribution in [3.05, 3.63) is 59.1 Å². The van der Waals surface area contributed by atoms with Gasteiger partial charge in [-0.05, 0) is 55.7 Å². The molecule has 184 valence electrons. The number of hydrogen-bond acceptors (Lipinski definition) is 5. The molecule has 2 aromatic carbocycles. The Bertz CT molecular complexity index is 1100. The smallest absolute Gasteiger partial charge is 0.243 e. The van der Waals surface area contributed by atoms with Crippen molar-refractivity contribution in [3.8, 4) is 5.75 Å². The Kier molecular flexibility index (Phi) is 7.82. The molecule has 2 aliphatic heterocycles. The van der Waals surface area contributed by atoms with E-state index in [2.05, 4.69) is 0 Å². The second-order valence-electron chi connectivity index (χ2n) is 9.12. The first-order valence-electron chi connectivity index (χ1n) is 11.6. The Labute approximate surface area is 206 Å². The number of carbonyl (C=O) groups excluding carboxylic acids is 1. The number of amides is 1. The number of aryl methyl sites for hydroxylation is 1. The van der Waals surface area contributed by atoms with Crippen molar-refractivity contribution in [3.63, 3.8) is 0 Å². The summed E-state index contributed by atoms with van der Waals surface area (Å²) >= 11 is 5.99. The molecular formula is C25H31ClN2O5S. The maximum Gasteiger partial charge on any atom is 0.243 e. The van der Waals surface area contributed by atoms with Crippen molar-refractivity contribution in [2.45, 2.75) is 31.1 Å². The van der Waals surface area contributed by atoms with E-state index < -0.39 is 15.4 Å². The molecule has 0 aromatic heterocycles. The molecule has 0 N–H and O–H groups in total. The molecule has 2 aromatic rings. The molecule has 7 nitrogen and oxygen atoms in total. The van der Waals surface area contributed by atoms with Gasteiger partial charge in [0.15, 0.2) is 0 Å². The topological polar surface area (TPSA) is 76.2 Å². The molecular weight excluding hydrogens is 476 g/mol. The summed E-state index contributed by atoms with van der Waals surface area (Å²) in [7, 11) is -3.70. The van der Waals surface area contributed by atoms with Gasteiger partial charge in [0.1, 0.15) is 5.75 Å². The van der Waals surface area contributed by atoms with Crippen molar-refractivity contribution < 1.29 is 22.7 Å². The lowest BCUT2D eigenvalue weighted by atomic mass is 9.78. The Morgan fingerprint density at radius 1 is 1.09 bits per heavy atom. The van der Waals surface area contributed by atoms with Gasteiger partial charge in [-0.1, -0.05) is 29.8 Å². The van der Waals surface area contributed by atoms with Crippen LogP contribution in [0.3, 0.4) is 0 Å². The standard InChI is InChI=1S/C25H31ClN2O5S/c1-20-5-2-3-6-23(20)34(30,31)28-12-4-11-25(18-28,17-24(29)27-13-15-32-16-14-27)19-33-22-9-7-21(26)8-10-22/h2-3,5-10H,4,11-19H2,1H3. The fourth-order valence-electron chi connectivity index (χ4n) is 4.68. The third kappa shape index (κ3) is 5.74. The van der Waals surface area contributed by atoms with E-state index in [9.17, 15) is 13.2 Å². The van der Waals surface area contributed by atoms with Crippen LogP contribution in [0.5, 0.6) is 5.75 Å². The van der Waals surface area contributed by atoms with E-state index >= 15 is 0 Å². The van der Waals surface area contributed by atoms with E-state index in [0.29, 0.717) is 66.9 Å². The average molecular weight is 507 g/mol. The Hall–Kier alpha value is -2.13. The van der Waals surface area contributed by atoms with Crippen LogP contribution >= 0.6 is 11.6 Å². The normalized spacial score (nSPS) is 21.9. The number of ether oxygens (including phenoxy) is 2. The van der Waals surface area contributed by atoms with Crippen molar-refractivity contribution in [1.29, 1.82) is 0 Å². The Morgan fingerprint density at radius 3 is 2.50 bits per heavy atom. The number of benzene rings is 2. The third-order valence-electron chi connectivity index (χ3n) is 6.59. The number of morpholine rings is 1. The molecule has 1 unspecified atom stereocenters. The first-order valence-corrected chi connectivity index (χ1v) is 13.4. The molecule has 2 fully saturated rings. The maximum atomic E-state index is 13.6. The van der Waals surface area contributed by atoms with Crippen LogP contribution < -0.4 is 4.74 Å². The van der Waals surface area contributed by atoms with Gasteiger partial charge in [-0.15, -0.1) is 0 Å². The summed E-state index contributed by atoms with van der Waals surface area (Å²) in [5.74, 6) is 0.652. The van der Waals surface area contributed by atoms with Gasteiger partial charge in [0.25, 0.3) is 0 Å². The van der Waals surface area contributed by atoms with Crippen LogP contribution in [0, 0.1) is 12.3 Å². The molecule has 0 radical (unpaired) electrons. The largest absolute Gasteiger partial charge is 0.493 e. The highest BCUT2D eigenvalue weighted by Crippen LogP contribution is 2.38. The van der Waals surface area contributed by atoms with E-state index in [1.807, 2.05) is 11.0 Å². The predicted octanol–water partition coefficient (Wildman–Crippen LogP) is 3.75. The first-order chi connectivity index (χ1) is 16.3. The monoisotopic (exact) mass is 506 g/mol. The highest BCUT2D eigenvalue weighted by molar-refractivity contribution is 7.89. The van der Waals surface area contributed by atoms with E-state index in [1.54, 1.807) is 49.4 Å². The highest BCUT2D eigenvalue weighted by Gasteiger charge is 2.43. The number of hydrogen-bond donors (Lipinski definition) is 0. The number of piperidine rings is 1. The molecule has 0 aliphatic carbocycles. The van der Waals surface area contributed by atoms with E-state index in [4.69, 9.17) is 21.1 Å². The summed E-state index contributed by atoms with van der Waals surface area (Å²) in [6.45, 7) is 4.84. The molecule has 34 heavy (non-hydrogen) atoms. The summed E-state index contributed by atoms with van der Waals surface area (Å²) in [4.78, 5) is 15.4. The zero-order valence-corrected chi connectivity index (χ0v) is 21.0. The number of halogens is 1. The number of sulfonamides is 1. The summed E-state index contributed by atoms with van der Waals surface area (Å²) in [5, 5.41) is 0.609. The van der Waals surface area contributed by atoms with Gasteiger partial charge in [-0.25, -0.2) is 8.42 Å². The SMILES string of the molecule is Cc1ccccc1S(=O)(=O)N1CCCC(COc2ccc(Cl)cc2)(CC(=O)N2CCOCC2)C1. The van der Waals surface area contributed by atoms with Crippen molar-refractivity contribution in [1.82, 2.24) is 9.21 Å². The Balaban J connectivity index is 1.58. The minimum Gasteiger partial charge on any atom is -0.493 e. The van der Waals surface area contributed by atoms with Crippen molar-refractivity contribution >= 4 is 27.5 Å². The summed E-state index contributed by atoms with van der Waals surface area (Å²) in [5.41, 5.74) is 0.0729. The zero-order chi connectivity index (χ0) is 24.2. The minimum absolute atomic E-state index is 0.0122. The molecule has 0 bridgehead atoms. The molecule has 1 atom stereocenters. The molecule has 1 amide bonds. The predicted molar refractivity (Wildman–Crippen MR) is 131 cm³/mol. The maximum absolute atomic E-state index is 13.6. The molecule has 0 spiro atoms. The number of nitrogens with zero attached hydrogens (tertiary/aromatic N) is 2. The molecule has 0 saturated carbocycles. The van der Waals surface area contributed by atoms with Crippen LogP contribution in [0.15, 0.2) is 53.4 Å². The van der Waals surface area contributed by atoms with Crippen LogP contribution in [-0.4, -0.2) is 69.5 Å². The van der Waals surface area contributed by atoms with Gasteiger partial charge in [0, 0.05) is 43.0 Å². The molecule has 2 saturated heterocycles. The quantitative estimate of drug-likeness (QED) is 0.571. The fraction of sp³-hybridized carbons (Fsp3) is 0.480. The highest BCUT2D eigenvalue weighted by atomic mass is 35.5. The second kappa shape index (κ2) is 10.6. The summed E-state index contributed by atoms with van der Waals surface area (Å²) < 4.78 is 40.1. The van der Waals surface area contributed by atoms with Gasteiger partial charge >= 0.3 is 0 Å². The van der Waals surface area contributed by atoms with Crippen LogP contribution in [0.1, 0.15) is 24.8 Å². The van der Waals surface area contributed by atoms with Crippen LogP contribution in [0.4, 0.5) is 0 Å². The fourth-order valence-corrected chi connectivity index (χ4v) is 6.62. The van der Waals surface area contributed by atoms with E-state index in [1.165, 1.54) is 4.31 Å². The lowest BCUT2D eigenvalue weighted by Crippen LogP contribution is -2.52. The van der Waals surface area contributed by atoms with Gasteiger partial charge in [-0.2, -0.15) is 4.31 Å². The van der Waals surface area contributed by atoms with Crippen molar-refractivity contribution in [2.24, 2.45) is 5.41 Å². The third-order valence-corrected chi connectivity index (χ3v) is 8.84. The number of rotatable bonds is 7. The number of carbonyl (C=O) groups is 1. The van der Waals surface area contributed by atoms with E-state index in [-0.39, 0.29) is 25.5 Å². The second-order valence-corrected chi connectivity index (χ2v) is 11.5. The van der Waals surface area contributed by atoms with Gasteiger partial charge < -0.3 is 14.4 Å². The molecule has 4 rings (SSSR count). The van der Waals surface area contributed by atoms with Gasteiger partial charge in [-0.3, -0.25) is 4.79 Å². The molecule has 2 heterocycles. The van der Waals surface area contributed by atoms with Gasteiger partial charge in [0.05, 0.1) is 24.7 Å². The lowest BCUT2D eigenvalue weighted by Gasteiger charge is -2.42. The zero-order valence-electron chi connectivity index (χ0n) is 19.4. The lowest BCUT2D eigenvalue weighted by molar-refractivity contribution is -0.139. The van der Waals surface area contributed by atoms with Crippen molar-refractivity contribution in [2.75, 3.05) is 46.0 Å². The first kappa shape index (κ1) is 25.0.